The predicted molar refractivity (Wildman–Crippen MR) is 79.3 cm³/mol. The lowest BCUT2D eigenvalue weighted by Crippen LogP contribution is -2.44. The van der Waals surface area contributed by atoms with Crippen molar-refractivity contribution in [1.82, 2.24) is 4.90 Å². The van der Waals surface area contributed by atoms with Gasteiger partial charge in [-0.15, -0.1) is 0 Å². The van der Waals surface area contributed by atoms with E-state index in [0.29, 0.717) is 13.1 Å². The highest BCUT2D eigenvalue weighted by molar-refractivity contribution is 5.84. The van der Waals surface area contributed by atoms with Crippen molar-refractivity contribution in [1.29, 1.82) is 0 Å². The molecule has 0 heterocycles. The number of amides is 1. The molecule has 1 aliphatic rings. The van der Waals surface area contributed by atoms with Gasteiger partial charge >= 0.3 is 0 Å². The molecule has 2 rings (SSSR count). The molecule has 110 valence electrons. The van der Waals surface area contributed by atoms with Crippen molar-refractivity contribution in [3.8, 4) is 0 Å². The molecular formula is C16H24N2O2. The second-order valence-corrected chi connectivity index (χ2v) is 5.39. The average Bonchev–Trinajstić information content (AvgIpc) is 3.00. The fraction of sp³-hybridized carbons (Fsp3) is 0.562. The van der Waals surface area contributed by atoms with Crippen molar-refractivity contribution < 1.29 is 9.90 Å². The Labute approximate surface area is 120 Å². The smallest absolute Gasteiger partial charge is 0.231 e. The van der Waals surface area contributed by atoms with Gasteiger partial charge in [-0.1, -0.05) is 43.2 Å². The number of hydrogen-bond acceptors (Lipinski definition) is 3. The first-order chi connectivity index (χ1) is 9.77. The van der Waals surface area contributed by atoms with E-state index >= 15 is 0 Å². The lowest BCUT2D eigenvalue weighted by molar-refractivity contribution is -0.135. The molecule has 1 amide bonds. The van der Waals surface area contributed by atoms with Crippen molar-refractivity contribution >= 4 is 5.91 Å². The Morgan fingerprint density at radius 1 is 1.30 bits per heavy atom. The lowest BCUT2D eigenvalue weighted by atomic mass is 9.96. The summed E-state index contributed by atoms with van der Waals surface area (Å²) < 4.78 is 0. The van der Waals surface area contributed by atoms with Crippen LogP contribution in [0.1, 0.15) is 37.2 Å². The molecule has 1 aliphatic carbocycles. The van der Waals surface area contributed by atoms with Crippen LogP contribution in [-0.4, -0.2) is 41.7 Å². The van der Waals surface area contributed by atoms with Crippen LogP contribution >= 0.6 is 0 Å². The summed E-state index contributed by atoms with van der Waals surface area (Å²) in [4.78, 5) is 14.6. The first-order valence-electron chi connectivity index (χ1n) is 7.44. The summed E-state index contributed by atoms with van der Waals surface area (Å²) in [5.41, 5.74) is 6.79. The minimum absolute atomic E-state index is 0.00826. The molecule has 1 aromatic carbocycles. The zero-order chi connectivity index (χ0) is 14.4. The third kappa shape index (κ3) is 3.38. The molecule has 0 radical (unpaired) electrons. The van der Waals surface area contributed by atoms with Gasteiger partial charge in [-0.3, -0.25) is 4.79 Å². The molecule has 1 atom stereocenters. The molecule has 3 N–H and O–H groups in total. The summed E-state index contributed by atoms with van der Waals surface area (Å²) in [6, 6.07) is 9.95. The van der Waals surface area contributed by atoms with Gasteiger partial charge in [0.2, 0.25) is 5.91 Å². The second-order valence-electron chi connectivity index (χ2n) is 5.39. The van der Waals surface area contributed by atoms with Crippen LogP contribution < -0.4 is 5.73 Å². The number of rotatable bonds is 6. The predicted octanol–water partition coefficient (Wildman–Crippen LogP) is 1.49. The highest BCUT2D eigenvalue weighted by Gasteiger charge is 2.31. The van der Waals surface area contributed by atoms with Gasteiger partial charge in [0.15, 0.2) is 0 Å². The highest BCUT2D eigenvalue weighted by Crippen LogP contribution is 2.26. The van der Waals surface area contributed by atoms with Crippen LogP contribution in [0, 0.1) is 0 Å². The molecule has 4 heteroatoms. The summed E-state index contributed by atoms with van der Waals surface area (Å²) in [5, 5.41) is 9.25. The Morgan fingerprint density at radius 2 is 1.95 bits per heavy atom. The third-order valence-electron chi connectivity index (χ3n) is 4.13. The van der Waals surface area contributed by atoms with Crippen molar-refractivity contribution in [3.63, 3.8) is 0 Å². The first kappa shape index (κ1) is 15.0. The highest BCUT2D eigenvalue weighted by atomic mass is 16.3. The molecular weight excluding hydrogens is 252 g/mol. The van der Waals surface area contributed by atoms with Crippen LogP contribution in [0.5, 0.6) is 0 Å². The molecule has 1 aromatic rings. The monoisotopic (exact) mass is 276 g/mol. The Kier molecular flexibility index (Phi) is 5.56. The van der Waals surface area contributed by atoms with E-state index in [9.17, 15) is 9.90 Å². The fourth-order valence-corrected chi connectivity index (χ4v) is 3.06. The number of benzene rings is 1. The van der Waals surface area contributed by atoms with Gasteiger partial charge in [-0.2, -0.15) is 0 Å². The summed E-state index contributed by atoms with van der Waals surface area (Å²) in [5.74, 6) is -0.247. The number of nitrogens with zero attached hydrogens (tertiary/aromatic N) is 1. The minimum Gasteiger partial charge on any atom is -0.395 e. The van der Waals surface area contributed by atoms with E-state index in [4.69, 9.17) is 5.73 Å². The van der Waals surface area contributed by atoms with Crippen LogP contribution in [0.4, 0.5) is 0 Å². The Bertz CT molecular complexity index is 416. The van der Waals surface area contributed by atoms with Crippen molar-refractivity contribution in [2.75, 3.05) is 19.7 Å². The van der Waals surface area contributed by atoms with Gasteiger partial charge in [0, 0.05) is 19.1 Å². The maximum absolute atomic E-state index is 12.8. The zero-order valence-electron chi connectivity index (χ0n) is 11.9. The standard InChI is InChI=1S/C16H24N2O2/c17-12-15(13-6-2-1-3-7-13)16(20)18(10-11-19)14-8-4-5-9-14/h1-3,6-7,14-15,19H,4-5,8-12,17H2. The van der Waals surface area contributed by atoms with Crippen LogP contribution in [0.25, 0.3) is 0 Å². The molecule has 20 heavy (non-hydrogen) atoms. The van der Waals surface area contributed by atoms with E-state index in [2.05, 4.69) is 0 Å². The Balaban J connectivity index is 2.16. The number of hydrogen-bond donors (Lipinski definition) is 2. The normalized spacial score (nSPS) is 17.1. The molecule has 0 spiro atoms. The molecule has 1 unspecified atom stereocenters. The second kappa shape index (κ2) is 7.41. The quantitative estimate of drug-likeness (QED) is 0.827. The molecule has 0 aliphatic heterocycles. The van der Waals surface area contributed by atoms with Crippen LogP contribution in [0.15, 0.2) is 30.3 Å². The maximum Gasteiger partial charge on any atom is 0.231 e. The number of carbonyl (C=O) groups excluding carboxylic acids is 1. The number of carbonyl (C=O) groups is 1. The van der Waals surface area contributed by atoms with Crippen LogP contribution in [0.2, 0.25) is 0 Å². The molecule has 1 saturated carbocycles. The van der Waals surface area contributed by atoms with Gasteiger partial charge in [0.1, 0.15) is 0 Å². The molecule has 0 aromatic heterocycles. The van der Waals surface area contributed by atoms with E-state index in [1.54, 1.807) is 0 Å². The number of nitrogens with two attached hydrogens (primary N) is 1. The fourth-order valence-electron chi connectivity index (χ4n) is 3.06. The summed E-state index contributed by atoms with van der Waals surface area (Å²) >= 11 is 0. The zero-order valence-corrected chi connectivity index (χ0v) is 11.9. The van der Waals surface area contributed by atoms with Crippen molar-refractivity contribution in [2.45, 2.75) is 37.6 Å². The van der Waals surface area contributed by atoms with Crippen LogP contribution in [-0.2, 0) is 4.79 Å². The molecule has 0 saturated heterocycles. The first-order valence-corrected chi connectivity index (χ1v) is 7.44. The summed E-state index contributed by atoms with van der Waals surface area (Å²) in [6.07, 6.45) is 4.41. The summed E-state index contributed by atoms with van der Waals surface area (Å²) in [6.45, 7) is 0.721. The topological polar surface area (TPSA) is 66.6 Å². The van der Waals surface area contributed by atoms with Crippen molar-refractivity contribution in [2.24, 2.45) is 5.73 Å². The Morgan fingerprint density at radius 3 is 2.50 bits per heavy atom. The van der Waals surface area contributed by atoms with E-state index in [0.717, 1.165) is 18.4 Å². The van der Waals surface area contributed by atoms with Gasteiger partial charge in [0.25, 0.3) is 0 Å². The molecule has 1 fully saturated rings. The third-order valence-corrected chi connectivity index (χ3v) is 4.13. The largest absolute Gasteiger partial charge is 0.395 e. The van der Waals surface area contributed by atoms with E-state index in [-0.39, 0.29) is 24.5 Å². The number of aliphatic hydroxyl groups is 1. The van der Waals surface area contributed by atoms with Crippen molar-refractivity contribution in [3.05, 3.63) is 35.9 Å². The number of aliphatic hydroxyl groups excluding tert-OH is 1. The van der Waals surface area contributed by atoms with Gasteiger partial charge < -0.3 is 15.7 Å². The molecule has 4 nitrogen and oxygen atoms in total. The minimum atomic E-state index is -0.302. The average molecular weight is 276 g/mol. The lowest BCUT2D eigenvalue weighted by Gasteiger charge is -2.31. The van der Waals surface area contributed by atoms with E-state index in [1.165, 1.54) is 12.8 Å². The van der Waals surface area contributed by atoms with Gasteiger partial charge in [-0.25, -0.2) is 0 Å². The Hall–Kier alpha value is -1.39. The van der Waals surface area contributed by atoms with E-state index < -0.39 is 0 Å². The van der Waals surface area contributed by atoms with Gasteiger partial charge in [-0.05, 0) is 18.4 Å². The SMILES string of the molecule is NCC(C(=O)N(CCO)C1CCCC1)c1ccccc1. The molecule has 0 bridgehead atoms. The van der Waals surface area contributed by atoms with Gasteiger partial charge in [0.05, 0.1) is 12.5 Å². The summed E-state index contributed by atoms with van der Waals surface area (Å²) in [7, 11) is 0. The maximum atomic E-state index is 12.8. The van der Waals surface area contributed by atoms with Crippen LogP contribution in [0.3, 0.4) is 0 Å². The van der Waals surface area contributed by atoms with E-state index in [1.807, 2.05) is 35.2 Å².